The molecular formula is C17H24N4O4. The predicted molar refractivity (Wildman–Crippen MR) is 93.5 cm³/mol. The Bertz CT molecular complexity index is 658. The Morgan fingerprint density at radius 3 is 2.56 bits per heavy atom. The molecule has 1 amide bonds. The van der Waals surface area contributed by atoms with Crippen molar-refractivity contribution in [2.24, 2.45) is 0 Å². The summed E-state index contributed by atoms with van der Waals surface area (Å²) in [6.07, 6.45) is 1.95. The highest BCUT2D eigenvalue weighted by Gasteiger charge is 2.33. The summed E-state index contributed by atoms with van der Waals surface area (Å²) < 4.78 is 0. The summed E-state index contributed by atoms with van der Waals surface area (Å²) in [5.74, 6) is 0.165. The molecule has 1 aromatic rings. The van der Waals surface area contributed by atoms with E-state index in [0.29, 0.717) is 37.4 Å². The topological polar surface area (TPSA) is 90.2 Å². The average Bonchev–Trinajstić information content (AvgIpc) is 3.06. The fraction of sp³-hybridized carbons (Fsp3) is 0.588. The first-order valence-electron chi connectivity index (χ1n) is 8.63. The van der Waals surface area contributed by atoms with E-state index in [2.05, 4.69) is 4.90 Å². The number of hydrogen-bond donors (Lipinski definition) is 1. The first-order valence-corrected chi connectivity index (χ1v) is 8.63. The lowest BCUT2D eigenvalue weighted by Gasteiger charge is -2.37. The zero-order valence-corrected chi connectivity index (χ0v) is 14.4. The number of likely N-dealkylation sites (N-methyl/N-ethyl adjacent to an activating group) is 1. The zero-order chi connectivity index (χ0) is 18.0. The number of aliphatic hydroxyl groups is 1. The molecule has 2 heterocycles. The number of nitro benzene ring substituents is 1. The monoisotopic (exact) mass is 348 g/mol. The summed E-state index contributed by atoms with van der Waals surface area (Å²) in [7, 11) is 1.98. The molecule has 8 heteroatoms. The van der Waals surface area contributed by atoms with Crippen molar-refractivity contribution in [1.82, 2.24) is 9.80 Å². The van der Waals surface area contributed by atoms with Gasteiger partial charge >= 0.3 is 0 Å². The van der Waals surface area contributed by atoms with Gasteiger partial charge in [0.2, 0.25) is 5.91 Å². The van der Waals surface area contributed by atoms with Crippen LogP contribution in [0, 0.1) is 10.1 Å². The number of carbonyl (C=O) groups excluding carboxylic acids is 1. The van der Waals surface area contributed by atoms with E-state index in [1.807, 2.05) is 16.8 Å². The van der Waals surface area contributed by atoms with E-state index in [1.54, 1.807) is 12.1 Å². The van der Waals surface area contributed by atoms with Crippen LogP contribution in [0.1, 0.15) is 18.4 Å². The van der Waals surface area contributed by atoms with Crippen LogP contribution in [0.2, 0.25) is 0 Å². The number of benzene rings is 1. The van der Waals surface area contributed by atoms with Gasteiger partial charge < -0.3 is 14.9 Å². The van der Waals surface area contributed by atoms with Gasteiger partial charge in [0.15, 0.2) is 0 Å². The molecule has 1 atom stereocenters. The molecule has 2 aliphatic heterocycles. The van der Waals surface area contributed by atoms with Crippen molar-refractivity contribution in [3.63, 3.8) is 0 Å². The van der Waals surface area contributed by atoms with Gasteiger partial charge in [-0.25, -0.2) is 0 Å². The number of rotatable bonds is 4. The third-order valence-electron chi connectivity index (χ3n) is 5.16. The number of amides is 1. The van der Waals surface area contributed by atoms with Crippen molar-refractivity contribution in [3.8, 4) is 0 Å². The van der Waals surface area contributed by atoms with Gasteiger partial charge in [-0.05, 0) is 44.1 Å². The van der Waals surface area contributed by atoms with E-state index in [4.69, 9.17) is 0 Å². The minimum absolute atomic E-state index is 0.0291. The number of nitro groups is 1. The summed E-state index contributed by atoms with van der Waals surface area (Å²) in [6, 6.07) is 4.64. The van der Waals surface area contributed by atoms with Crippen LogP contribution in [0.5, 0.6) is 0 Å². The largest absolute Gasteiger partial charge is 0.392 e. The fourth-order valence-corrected chi connectivity index (χ4v) is 3.68. The number of anilines is 1. The van der Waals surface area contributed by atoms with E-state index >= 15 is 0 Å². The van der Waals surface area contributed by atoms with Crippen LogP contribution < -0.4 is 4.90 Å². The van der Waals surface area contributed by atoms with Crippen molar-refractivity contribution in [2.75, 3.05) is 44.7 Å². The first-order chi connectivity index (χ1) is 12.0. The molecule has 0 radical (unpaired) electrons. The van der Waals surface area contributed by atoms with Gasteiger partial charge in [-0.1, -0.05) is 0 Å². The maximum Gasteiger partial charge on any atom is 0.292 e. The van der Waals surface area contributed by atoms with Gasteiger partial charge in [0.1, 0.15) is 5.69 Å². The quantitative estimate of drug-likeness (QED) is 0.640. The molecule has 0 aromatic heterocycles. The van der Waals surface area contributed by atoms with Crippen molar-refractivity contribution >= 4 is 17.3 Å². The smallest absolute Gasteiger partial charge is 0.292 e. The molecule has 1 N–H and O–H groups in total. The summed E-state index contributed by atoms with van der Waals surface area (Å²) in [5.41, 5.74) is 1.20. The molecule has 8 nitrogen and oxygen atoms in total. The summed E-state index contributed by atoms with van der Waals surface area (Å²) >= 11 is 0. The van der Waals surface area contributed by atoms with Crippen LogP contribution in [0.3, 0.4) is 0 Å². The highest BCUT2D eigenvalue weighted by molar-refractivity contribution is 5.82. The van der Waals surface area contributed by atoms with Gasteiger partial charge in [0.25, 0.3) is 5.69 Å². The van der Waals surface area contributed by atoms with Crippen LogP contribution >= 0.6 is 0 Å². The molecule has 1 aromatic carbocycles. The third-order valence-corrected chi connectivity index (χ3v) is 5.16. The predicted octanol–water partition coefficient (Wildman–Crippen LogP) is 0.830. The minimum atomic E-state index is -0.401. The second-order valence-electron chi connectivity index (χ2n) is 6.69. The summed E-state index contributed by atoms with van der Waals surface area (Å²) in [5, 5.41) is 20.6. The normalized spacial score (nSPS) is 21.6. The lowest BCUT2D eigenvalue weighted by molar-refractivity contribution is -0.384. The van der Waals surface area contributed by atoms with Gasteiger partial charge in [-0.2, -0.15) is 0 Å². The van der Waals surface area contributed by atoms with Crippen LogP contribution in [0.4, 0.5) is 11.4 Å². The molecule has 2 saturated heterocycles. The molecule has 3 rings (SSSR count). The molecule has 0 spiro atoms. The third kappa shape index (κ3) is 3.59. The highest BCUT2D eigenvalue weighted by Crippen LogP contribution is 2.30. The Morgan fingerprint density at radius 2 is 2.00 bits per heavy atom. The lowest BCUT2D eigenvalue weighted by Crippen LogP contribution is -2.53. The molecule has 0 saturated carbocycles. The Balaban J connectivity index is 1.70. The molecule has 2 aliphatic rings. The summed E-state index contributed by atoms with van der Waals surface area (Å²) in [4.78, 5) is 29.4. The van der Waals surface area contributed by atoms with E-state index in [9.17, 15) is 20.0 Å². The number of likely N-dealkylation sites (tertiary alicyclic amines) is 1. The lowest BCUT2D eigenvalue weighted by atomic mass is 10.1. The Hall–Kier alpha value is -2.19. The SMILES string of the molecule is CN1CCCC1C(=O)N1CCN(c2cc(CO)ccc2[N+](=O)[O-])CC1. The zero-order valence-electron chi connectivity index (χ0n) is 14.4. The van der Waals surface area contributed by atoms with Crippen LogP contribution in [-0.4, -0.2) is 71.6 Å². The van der Waals surface area contributed by atoms with E-state index in [0.717, 1.165) is 19.4 Å². The molecular weight excluding hydrogens is 324 g/mol. The van der Waals surface area contributed by atoms with E-state index < -0.39 is 4.92 Å². The maximum atomic E-state index is 12.7. The van der Waals surface area contributed by atoms with E-state index in [-0.39, 0.29) is 24.2 Å². The number of aliphatic hydroxyl groups excluding tert-OH is 1. The van der Waals surface area contributed by atoms with Crippen molar-refractivity contribution in [1.29, 1.82) is 0 Å². The van der Waals surface area contributed by atoms with Crippen molar-refractivity contribution in [2.45, 2.75) is 25.5 Å². The highest BCUT2D eigenvalue weighted by atomic mass is 16.6. The number of hydrogen-bond acceptors (Lipinski definition) is 6. The van der Waals surface area contributed by atoms with E-state index in [1.165, 1.54) is 6.07 Å². The van der Waals surface area contributed by atoms with Gasteiger partial charge in [-0.3, -0.25) is 19.8 Å². The van der Waals surface area contributed by atoms with Crippen LogP contribution in [0.25, 0.3) is 0 Å². The molecule has 0 aliphatic carbocycles. The average molecular weight is 348 g/mol. The van der Waals surface area contributed by atoms with Gasteiger partial charge in [0.05, 0.1) is 17.6 Å². The molecule has 0 bridgehead atoms. The number of piperazine rings is 1. The first kappa shape index (κ1) is 17.6. The molecule has 2 fully saturated rings. The number of carbonyl (C=O) groups is 1. The molecule has 25 heavy (non-hydrogen) atoms. The minimum Gasteiger partial charge on any atom is -0.392 e. The second kappa shape index (κ2) is 7.37. The van der Waals surface area contributed by atoms with Gasteiger partial charge in [-0.15, -0.1) is 0 Å². The van der Waals surface area contributed by atoms with Crippen molar-refractivity contribution < 1.29 is 14.8 Å². The Labute approximate surface area is 146 Å². The number of nitrogens with zero attached hydrogens (tertiary/aromatic N) is 4. The Kier molecular flexibility index (Phi) is 5.19. The molecule has 136 valence electrons. The van der Waals surface area contributed by atoms with Crippen molar-refractivity contribution in [3.05, 3.63) is 33.9 Å². The Morgan fingerprint density at radius 1 is 1.28 bits per heavy atom. The second-order valence-corrected chi connectivity index (χ2v) is 6.69. The van der Waals surface area contributed by atoms with Crippen LogP contribution in [-0.2, 0) is 11.4 Å². The summed E-state index contributed by atoms with van der Waals surface area (Å²) in [6.45, 7) is 3.02. The van der Waals surface area contributed by atoms with Crippen LogP contribution in [0.15, 0.2) is 18.2 Å². The fourth-order valence-electron chi connectivity index (χ4n) is 3.68. The maximum absolute atomic E-state index is 12.7. The molecule has 1 unspecified atom stereocenters. The van der Waals surface area contributed by atoms with Gasteiger partial charge in [0, 0.05) is 32.2 Å². The standard InChI is InChI=1S/C17H24N4O4/c1-18-6-2-3-15(18)17(23)20-9-7-19(8-10-20)16-11-13(12-22)4-5-14(16)21(24)25/h4-5,11,15,22H,2-3,6-10,12H2,1H3.